The second-order valence-electron chi connectivity index (χ2n) is 5.93. The fraction of sp³-hybridized carbons (Fsp3) is 0.857. The molecule has 0 N–H and O–H groups in total. The summed E-state index contributed by atoms with van der Waals surface area (Å²) in [6, 6.07) is 0. The van der Waals surface area contributed by atoms with Crippen LogP contribution in [0.5, 0.6) is 0 Å². The Hall–Kier alpha value is -1.18. The van der Waals surface area contributed by atoms with Crippen molar-refractivity contribution in [3.05, 3.63) is 0 Å². The van der Waals surface area contributed by atoms with Gasteiger partial charge in [-0.25, -0.2) is 0 Å². The first-order chi connectivity index (χ1) is 9.96. The number of likely N-dealkylation sites (tertiary alicyclic amines) is 1. The lowest BCUT2D eigenvalue weighted by Crippen LogP contribution is -2.67. The van der Waals surface area contributed by atoms with Gasteiger partial charge in [0.15, 0.2) is 0 Å². The molecule has 2 aliphatic rings. The fourth-order valence-electron chi connectivity index (χ4n) is 2.70. The van der Waals surface area contributed by atoms with Gasteiger partial charge in [-0.1, -0.05) is 0 Å². The summed E-state index contributed by atoms with van der Waals surface area (Å²) in [5, 5.41) is 0. The summed E-state index contributed by atoms with van der Waals surface area (Å²) in [6.45, 7) is 1.97. The van der Waals surface area contributed by atoms with E-state index in [2.05, 4.69) is 0 Å². The number of nitrogens with zero attached hydrogens (tertiary/aromatic N) is 2. The van der Waals surface area contributed by atoms with E-state index in [4.69, 9.17) is 14.2 Å². The number of hydrogen-bond donors (Lipinski definition) is 0. The normalized spacial score (nSPS) is 23.8. The van der Waals surface area contributed by atoms with E-state index in [9.17, 15) is 9.59 Å². The van der Waals surface area contributed by atoms with Crippen molar-refractivity contribution in [3.63, 3.8) is 0 Å². The van der Waals surface area contributed by atoms with Gasteiger partial charge in [-0.05, 0) is 6.42 Å². The van der Waals surface area contributed by atoms with E-state index >= 15 is 0 Å². The van der Waals surface area contributed by atoms with E-state index in [-0.39, 0.29) is 36.7 Å². The van der Waals surface area contributed by atoms with Crippen LogP contribution in [0.15, 0.2) is 0 Å². The second kappa shape index (κ2) is 6.72. The Balaban J connectivity index is 1.77. The average Bonchev–Trinajstić information content (AvgIpc) is 2.42. The highest BCUT2D eigenvalue weighted by atomic mass is 16.5. The third-order valence-corrected chi connectivity index (χ3v) is 3.97. The molecule has 2 rings (SSSR count). The summed E-state index contributed by atoms with van der Waals surface area (Å²) in [5.74, 6) is -0.0568. The highest BCUT2D eigenvalue weighted by Gasteiger charge is 2.49. The van der Waals surface area contributed by atoms with Gasteiger partial charge in [0.2, 0.25) is 11.8 Å². The fourth-order valence-corrected chi connectivity index (χ4v) is 2.70. The predicted molar refractivity (Wildman–Crippen MR) is 74.8 cm³/mol. The number of carbonyl (C=O) groups is 2. The number of methoxy groups -OCH3 is 1. The highest BCUT2D eigenvalue weighted by molar-refractivity contribution is 5.78. The summed E-state index contributed by atoms with van der Waals surface area (Å²) in [6.07, 6.45) is 1.53. The van der Waals surface area contributed by atoms with Gasteiger partial charge in [0.25, 0.3) is 0 Å². The molecule has 1 atom stereocenters. The minimum Gasteiger partial charge on any atom is -0.375 e. The third kappa shape index (κ3) is 3.93. The molecule has 0 aromatic rings. The number of ether oxygens (including phenoxy) is 3. The van der Waals surface area contributed by atoms with E-state index in [1.165, 1.54) is 12.0 Å². The standard InChI is InChI=1S/C14H24N2O5/c1-15(2)12(17)8-20-11-4-5-21-14(6-11)9-16(10-14)13(18)7-19-3/h11H,4-10H2,1-3H3/t11-/m1/s1. The van der Waals surface area contributed by atoms with Crippen LogP contribution < -0.4 is 0 Å². The van der Waals surface area contributed by atoms with Gasteiger partial charge in [-0.2, -0.15) is 0 Å². The Kier molecular flexibility index (Phi) is 5.18. The maximum Gasteiger partial charge on any atom is 0.248 e. The Bertz CT molecular complexity index is 393. The molecule has 21 heavy (non-hydrogen) atoms. The summed E-state index contributed by atoms with van der Waals surface area (Å²) in [7, 11) is 4.93. The predicted octanol–water partition coefficient (Wildman–Crippen LogP) is -0.502. The number of carbonyl (C=O) groups excluding carboxylic acids is 2. The van der Waals surface area contributed by atoms with Crippen LogP contribution in [0.1, 0.15) is 12.8 Å². The molecule has 0 radical (unpaired) electrons. The Morgan fingerprint density at radius 2 is 2.05 bits per heavy atom. The first-order valence-electron chi connectivity index (χ1n) is 7.18. The molecule has 2 fully saturated rings. The topological polar surface area (TPSA) is 68.3 Å². The van der Waals surface area contributed by atoms with E-state index in [1.54, 1.807) is 19.0 Å². The average molecular weight is 300 g/mol. The maximum atomic E-state index is 11.7. The minimum absolute atomic E-state index is 0.0160. The quantitative estimate of drug-likeness (QED) is 0.684. The summed E-state index contributed by atoms with van der Waals surface area (Å²) >= 11 is 0. The van der Waals surface area contributed by atoms with Crippen molar-refractivity contribution in [1.29, 1.82) is 0 Å². The number of amides is 2. The smallest absolute Gasteiger partial charge is 0.248 e. The van der Waals surface area contributed by atoms with Crippen molar-refractivity contribution in [2.45, 2.75) is 24.5 Å². The van der Waals surface area contributed by atoms with Gasteiger partial charge in [-0.15, -0.1) is 0 Å². The molecule has 0 aromatic carbocycles. The zero-order chi connectivity index (χ0) is 15.5. The molecule has 2 aliphatic heterocycles. The van der Waals surface area contributed by atoms with E-state index < -0.39 is 0 Å². The largest absolute Gasteiger partial charge is 0.375 e. The van der Waals surface area contributed by atoms with Crippen molar-refractivity contribution in [2.75, 3.05) is 54.1 Å². The molecule has 120 valence electrons. The van der Waals surface area contributed by atoms with E-state index in [0.717, 1.165) is 12.8 Å². The van der Waals surface area contributed by atoms with Gasteiger partial charge >= 0.3 is 0 Å². The van der Waals surface area contributed by atoms with Crippen molar-refractivity contribution in [3.8, 4) is 0 Å². The summed E-state index contributed by atoms with van der Waals surface area (Å²) < 4.78 is 16.4. The van der Waals surface area contributed by atoms with Crippen molar-refractivity contribution < 1.29 is 23.8 Å². The maximum absolute atomic E-state index is 11.7. The number of rotatable bonds is 5. The lowest BCUT2D eigenvalue weighted by atomic mass is 9.84. The van der Waals surface area contributed by atoms with Gasteiger partial charge < -0.3 is 24.0 Å². The summed E-state index contributed by atoms with van der Waals surface area (Å²) in [4.78, 5) is 26.5. The van der Waals surface area contributed by atoms with Gasteiger partial charge in [0, 0.05) is 34.2 Å². The Morgan fingerprint density at radius 3 is 2.67 bits per heavy atom. The van der Waals surface area contributed by atoms with Crippen molar-refractivity contribution >= 4 is 11.8 Å². The molecule has 0 aliphatic carbocycles. The van der Waals surface area contributed by atoms with Crippen LogP contribution in [-0.2, 0) is 23.8 Å². The molecule has 0 unspecified atom stereocenters. The van der Waals surface area contributed by atoms with Crippen LogP contribution >= 0.6 is 0 Å². The first-order valence-corrected chi connectivity index (χ1v) is 7.18. The molecule has 0 aromatic heterocycles. The molecule has 2 amide bonds. The molecule has 0 saturated carbocycles. The lowest BCUT2D eigenvalue weighted by Gasteiger charge is -2.52. The monoisotopic (exact) mass is 300 g/mol. The third-order valence-electron chi connectivity index (χ3n) is 3.97. The molecule has 7 heteroatoms. The van der Waals surface area contributed by atoms with Crippen LogP contribution in [-0.4, -0.2) is 87.4 Å². The van der Waals surface area contributed by atoms with Crippen LogP contribution in [0.25, 0.3) is 0 Å². The van der Waals surface area contributed by atoms with Crippen LogP contribution in [0, 0.1) is 0 Å². The number of likely N-dealkylation sites (N-methyl/N-ethyl adjacent to an activating group) is 1. The van der Waals surface area contributed by atoms with E-state index in [1.807, 2.05) is 0 Å². The Labute approximate surface area is 125 Å². The zero-order valence-electron chi connectivity index (χ0n) is 13.0. The molecule has 2 heterocycles. The second-order valence-corrected chi connectivity index (χ2v) is 5.93. The molecule has 2 saturated heterocycles. The summed E-state index contributed by atoms with van der Waals surface area (Å²) in [5.41, 5.74) is -0.298. The SMILES string of the molecule is COCC(=O)N1CC2(C[C@H](OCC(=O)N(C)C)CCO2)C1. The van der Waals surface area contributed by atoms with Crippen LogP contribution in [0.3, 0.4) is 0 Å². The van der Waals surface area contributed by atoms with Crippen LogP contribution in [0.4, 0.5) is 0 Å². The van der Waals surface area contributed by atoms with Crippen molar-refractivity contribution in [2.24, 2.45) is 0 Å². The molecule has 1 spiro atoms. The van der Waals surface area contributed by atoms with Gasteiger partial charge in [-0.3, -0.25) is 9.59 Å². The van der Waals surface area contributed by atoms with Gasteiger partial charge in [0.1, 0.15) is 18.8 Å². The molecule has 0 bridgehead atoms. The molecular weight excluding hydrogens is 276 g/mol. The van der Waals surface area contributed by atoms with Gasteiger partial charge in [0.05, 0.1) is 19.2 Å². The minimum atomic E-state index is -0.298. The van der Waals surface area contributed by atoms with Crippen molar-refractivity contribution in [1.82, 2.24) is 9.80 Å². The van der Waals surface area contributed by atoms with Crippen LogP contribution in [0.2, 0.25) is 0 Å². The number of hydrogen-bond acceptors (Lipinski definition) is 5. The zero-order valence-corrected chi connectivity index (χ0v) is 13.0. The first kappa shape index (κ1) is 16.2. The van der Waals surface area contributed by atoms with E-state index in [0.29, 0.717) is 19.7 Å². The highest BCUT2D eigenvalue weighted by Crippen LogP contribution is 2.35. The Morgan fingerprint density at radius 1 is 1.33 bits per heavy atom. The lowest BCUT2D eigenvalue weighted by molar-refractivity contribution is -0.203. The molecular formula is C14H24N2O5. The molecule has 7 nitrogen and oxygen atoms in total.